The van der Waals surface area contributed by atoms with Crippen LogP contribution in [0.3, 0.4) is 0 Å². The van der Waals surface area contributed by atoms with Gasteiger partial charge >= 0.3 is 0 Å². The number of thiophene rings is 1. The second kappa shape index (κ2) is 3.25. The number of hydrogen-bond acceptors (Lipinski definition) is 1. The van der Waals surface area contributed by atoms with Crippen LogP contribution in [0.4, 0.5) is 0 Å². The Morgan fingerprint density at radius 1 is 1.62 bits per heavy atom. The highest BCUT2D eigenvalue weighted by atomic mass is 79.9. The van der Waals surface area contributed by atoms with Crippen molar-refractivity contribution in [1.29, 1.82) is 0 Å². The van der Waals surface area contributed by atoms with E-state index in [1.807, 2.05) is 0 Å². The zero-order valence-corrected chi connectivity index (χ0v) is 6.83. The van der Waals surface area contributed by atoms with Crippen LogP contribution in [0.2, 0.25) is 0 Å². The van der Waals surface area contributed by atoms with Crippen LogP contribution in [0.15, 0.2) is 16.8 Å². The average molecular weight is 191 g/mol. The van der Waals surface area contributed by atoms with Gasteiger partial charge in [-0.05, 0) is 28.8 Å². The van der Waals surface area contributed by atoms with Crippen molar-refractivity contribution in [3.05, 3.63) is 22.4 Å². The number of hydrogen-bond donors (Lipinski definition) is 0. The molecular weight excluding hydrogens is 184 g/mol. The van der Waals surface area contributed by atoms with E-state index in [0.717, 1.165) is 11.8 Å². The topological polar surface area (TPSA) is 0 Å². The van der Waals surface area contributed by atoms with Crippen LogP contribution in [0.5, 0.6) is 0 Å². The lowest BCUT2D eigenvalue weighted by Crippen LogP contribution is -1.77. The maximum atomic E-state index is 3.38. The molecule has 0 amide bonds. The number of alkyl halides is 1. The van der Waals surface area contributed by atoms with Crippen molar-refractivity contribution in [3.63, 3.8) is 0 Å². The van der Waals surface area contributed by atoms with E-state index in [9.17, 15) is 0 Å². The largest absolute Gasteiger partial charge is 0.152 e. The summed E-state index contributed by atoms with van der Waals surface area (Å²) in [5.41, 5.74) is 1.44. The molecule has 0 aliphatic heterocycles. The number of halogens is 1. The van der Waals surface area contributed by atoms with E-state index in [2.05, 4.69) is 32.8 Å². The first-order chi connectivity index (χ1) is 3.93. The van der Waals surface area contributed by atoms with Crippen molar-refractivity contribution < 1.29 is 0 Å². The molecule has 0 saturated carbocycles. The van der Waals surface area contributed by atoms with Gasteiger partial charge < -0.3 is 0 Å². The molecule has 0 aliphatic rings. The highest BCUT2D eigenvalue weighted by Crippen LogP contribution is 2.06. The van der Waals surface area contributed by atoms with E-state index in [4.69, 9.17) is 0 Å². The van der Waals surface area contributed by atoms with Gasteiger partial charge in [-0.1, -0.05) is 15.9 Å². The SMILES string of the molecule is BrCCc1ccsc1. The second-order valence-electron chi connectivity index (χ2n) is 1.57. The van der Waals surface area contributed by atoms with Crippen molar-refractivity contribution in [2.45, 2.75) is 6.42 Å². The van der Waals surface area contributed by atoms with E-state index in [1.165, 1.54) is 5.56 Å². The van der Waals surface area contributed by atoms with E-state index in [1.54, 1.807) is 11.3 Å². The summed E-state index contributed by atoms with van der Waals surface area (Å²) in [6.45, 7) is 0. The lowest BCUT2D eigenvalue weighted by Gasteiger charge is -1.84. The lowest BCUT2D eigenvalue weighted by atomic mass is 10.3. The monoisotopic (exact) mass is 190 g/mol. The molecule has 0 nitrogen and oxygen atoms in total. The molecule has 0 saturated heterocycles. The zero-order valence-electron chi connectivity index (χ0n) is 4.43. The van der Waals surface area contributed by atoms with Crippen LogP contribution in [0, 0.1) is 0 Å². The maximum absolute atomic E-state index is 3.38. The molecule has 1 aromatic heterocycles. The van der Waals surface area contributed by atoms with E-state index in [-0.39, 0.29) is 0 Å². The lowest BCUT2D eigenvalue weighted by molar-refractivity contribution is 1.19. The van der Waals surface area contributed by atoms with Gasteiger partial charge in [0.15, 0.2) is 0 Å². The molecule has 0 N–H and O–H groups in total. The Labute approximate surface area is 61.7 Å². The van der Waals surface area contributed by atoms with E-state index < -0.39 is 0 Å². The van der Waals surface area contributed by atoms with Crippen LogP contribution in [0.1, 0.15) is 5.56 Å². The minimum Gasteiger partial charge on any atom is -0.152 e. The molecule has 2 heteroatoms. The Hall–Kier alpha value is 0.180. The van der Waals surface area contributed by atoms with Gasteiger partial charge in [0.25, 0.3) is 0 Å². The van der Waals surface area contributed by atoms with Crippen LogP contribution < -0.4 is 0 Å². The summed E-state index contributed by atoms with van der Waals surface area (Å²) in [5.74, 6) is 0. The van der Waals surface area contributed by atoms with Gasteiger partial charge in [0.2, 0.25) is 0 Å². The summed E-state index contributed by atoms with van der Waals surface area (Å²) < 4.78 is 0. The quantitative estimate of drug-likeness (QED) is 0.630. The highest BCUT2D eigenvalue weighted by molar-refractivity contribution is 9.09. The van der Waals surface area contributed by atoms with Crippen molar-refractivity contribution in [1.82, 2.24) is 0 Å². The Bertz CT molecular complexity index is 134. The molecule has 1 rings (SSSR count). The summed E-state index contributed by atoms with van der Waals surface area (Å²) >= 11 is 5.13. The third kappa shape index (κ3) is 1.60. The minimum atomic E-state index is 1.07. The van der Waals surface area contributed by atoms with Crippen LogP contribution in [-0.4, -0.2) is 5.33 Å². The van der Waals surface area contributed by atoms with Crippen LogP contribution in [0.25, 0.3) is 0 Å². The molecule has 0 radical (unpaired) electrons. The smallest absolute Gasteiger partial charge is 0.00721 e. The molecule has 0 spiro atoms. The van der Waals surface area contributed by atoms with Crippen molar-refractivity contribution in [2.24, 2.45) is 0 Å². The van der Waals surface area contributed by atoms with Crippen LogP contribution in [-0.2, 0) is 6.42 Å². The second-order valence-corrected chi connectivity index (χ2v) is 3.14. The summed E-state index contributed by atoms with van der Waals surface area (Å²) in [5, 5.41) is 5.36. The fourth-order valence-corrected chi connectivity index (χ4v) is 1.70. The average Bonchev–Trinajstić information content (AvgIpc) is 2.19. The zero-order chi connectivity index (χ0) is 5.82. The highest BCUT2D eigenvalue weighted by Gasteiger charge is 1.87. The first-order valence-corrected chi connectivity index (χ1v) is 4.57. The normalized spacial score (nSPS) is 9.62. The molecule has 0 bridgehead atoms. The molecule has 1 heterocycles. The van der Waals surface area contributed by atoms with Gasteiger partial charge in [0.05, 0.1) is 0 Å². The predicted molar refractivity (Wildman–Crippen MR) is 41.8 cm³/mol. The minimum absolute atomic E-state index is 1.07. The first kappa shape index (κ1) is 6.30. The molecule has 0 aromatic carbocycles. The molecule has 0 fully saturated rings. The van der Waals surface area contributed by atoms with E-state index in [0.29, 0.717) is 0 Å². The molecule has 44 valence electrons. The molecule has 8 heavy (non-hydrogen) atoms. The molecule has 0 unspecified atom stereocenters. The summed E-state index contributed by atoms with van der Waals surface area (Å²) in [6.07, 6.45) is 1.16. The first-order valence-electron chi connectivity index (χ1n) is 2.50. The van der Waals surface area contributed by atoms with E-state index >= 15 is 0 Å². The third-order valence-electron chi connectivity index (χ3n) is 0.963. The summed E-state index contributed by atoms with van der Waals surface area (Å²) in [4.78, 5) is 0. The van der Waals surface area contributed by atoms with Crippen molar-refractivity contribution >= 4 is 27.3 Å². The number of aryl methyl sites for hydroxylation is 1. The fraction of sp³-hybridized carbons (Fsp3) is 0.333. The van der Waals surface area contributed by atoms with Crippen molar-refractivity contribution in [2.75, 3.05) is 5.33 Å². The Morgan fingerprint density at radius 3 is 3.00 bits per heavy atom. The Balaban J connectivity index is 2.50. The van der Waals surface area contributed by atoms with Crippen molar-refractivity contribution in [3.8, 4) is 0 Å². The fourth-order valence-electron chi connectivity index (χ4n) is 0.544. The molecule has 0 aliphatic carbocycles. The molecular formula is C6H7BrS. The standard InChI is InChI=1S/C6H7BrS/c7-3-1-6-2-4-8-5-6/h2,4-5H,1,3H2. The van der Waals surface area contributed by atoms with Gasteiger partial charge in [-0.25, -0.2) is 0 Å². The van der Waals surface area contributed by atoms with Gasteiger partial charge in [-0.2, -0.15) is 11.3 Å². The van der Waals surface area contributed by atoms with Gasteiger partial charge in [-0.15, -0.1) is 0 Å². The molecule has 0 atom stereocenters. The summed E-state index contributed by atoms with van der Waals surface area (Å²) in [7, 11) is 0. The van der Waals surface area contributed by atoms with Gasteiger partial charge in [-0.3, -0.25) is 0 Å². The number of rotatable bonds is 2. The summed E-state index contributed by atoms with van der Waals surface area (Å²) in [6, 6.07) is 2.16. The van der Waals surface area contributed by atoms with Crippen LogP contribution >= 0.6 is 27.3 Å². The third-order valence-corrected chi connectivity index (χ3v) is 2.09. The van der Waals surface area contributed by atoms with Gasteiger partial charge in [0, 0.05) is 5.33 Å². The molecule has 1 aromatic rings. The van der Waals surface area contributed by atoms with Gasteiger partial charge in [0.1, 0.15) is 0 Å². The maximum Gasteiger partial charge on any atom is 0.00721 e. The predicted octanol–water partition coefficient (Wildman–Crippen LogP) is 2.69. The Kier molecular flexibility index (Phi) is 2.56. The Morgan fingerprint density at radius 2 is 2.50 bits per heavy atom.